The summed E-state index contributed by atoms with van der Waals surface area (Å²) in [7, 11) is 0. The molecule has 0 atom stereocenters. The molecule has 0 aliphatic carbocycles. The molecule has 36 heavy (non-hydrogen) atoms. The largest absolute Gasteiger partial charge is 0.465 e. The van der Waals surface area contributed by atoms with Crippen LogP contribution >= 0.6 is 11.3 Å². The van der Waals surface area contributed by atoms with Crippen LogP contribution in [0.25, 0.3) is 20.8 Å². The number of pyridine rings is 2. The molecule has 1 aliphatic heterocycles. The number of urea groups is 1. The summed E-state index contributed by atoms with van der Waals surface area (Å²) < 4.78 is 21.3. The minimum absolute atomic E-state index is 0.0343. The molecule has 1 aliphatic rings. The van der Waals surface area contributed by atoms with Crippen molar-refractivity contribution < 1.29 is 28.6 Å². The molecular weight excluding hydrogens is 489 g/mol. The molecule has 0 bridgehead atoms. The molecule has 0 radical (unpaired) electrons. The number of nitrogens with zero attached hydrogens (tertiary/aromatic N) is 3. The number of carbonyl (C=O) groups is 3. The summed E-state index contributed by atoms with van der Waals surface area (Å²) in [5, 5.41) is 14.0. The molecule has 12 heteroatoms. The summed E-state index contributed by atoms with van der Waals surface area (Å²) in [5.41, 5.74) is 2.02. The molecule has 1 saturated heterocycles. The maximum atomic E-state index is 14.8. The quantitative estimate of drug-likeness (QED) is 0.325. The lowest BCUT2D eigenvalue weighted by atomic mass is 10.1. The molecule has 1 fully saturated rings. The van der Waals surface area contributed by atoms with Crippen LogP contribution in [-0.4, -0.2) is 57.5 Å². The molecule has 3 N–H and O–H groups in total. The Hall–Kier alpha value is -4.58. The van der Waals surface area contributed by atoms with E-state index in [9.17, 15) is 18.8 Å². The van der Waals surface area contributed by atoms with Gasteiger partial charge in [-0.15, -0.1) is 11.3 Å². The molecule has 10 nitrogen and oxygen atoms in total. The minimum Gasteiger partial charge on any atom is -0.465 e. The van der Waals surface area contributed by atoms with E-state index in [0.29, 0.717) is 27.2 Å². The van der Waals surface area contributed by atoms with Crippen LogP contribution in [0.1, 0.15) is 10.4 Å². The number of ether oxygens (including phenoxy) is 1. The van der Waals surface area contributed by atoms with Crippen LogP contribution in [0.4, 0.5) is 19.7 Å². The topological polar surface area (TPSA) is 134 Å². The first-order valence-electron chi connectivity index (χ1n) is 10.7. The first-order valence-corrected chi connectivity index (χ1v) is 11.5. The second-order valence-corrected chi connectivity index (χ2v) is 9.01. The highest BCUT2D eigenvalue weighted by atomic mass is 32.1. The highest BCUT2D eigenvalue weighted by Crippen LogP contribution is 2.39. The fraction of sp³-hybridized carbons (Fsp3) is 0.125. The summed E-state index contributed by atoms with van der Waals surface area (Å²) in [6.45, 7) is 0.406. The van der Waals surface area contributed by atoms with Crippen molar-refractivity contribution in [1.82, 2.24) is 20.2 Å². The van der Waals surface area contributed by atoms with Gasteiger partial charge in [0, 0.05) is 48.9 Å². The van der Waals surface area contributed by atoms with Gasteiger partial charge in [0.25, 0.3) is 0 Å². The normalized spacial score (nSPS) is 13.2. The van der Waals surface area contributed by atoms with Crippen molar-refractivity contribution in [1.29, 1.82) is 0 Å². The average Bonchev–Trinajstić information content (AvgIpc) is 3.28. The van der Waals surface area contributed by atoms with E-state index in [1.165, 1.54) is 34.6 Å². The van der Waals surface area contributed by atoms with Gasteiger partial charge in [0.05, 0.1) is 26.8 Å². The maximum Gasteiger partial charge on any atom is 0.407 e. The van der Waals surface area contributed by atoms with Gasteiger partial charge >= 0.3 is 12.1 Å². The molecule has 3 amide bonds. The number of hydrogen-bond donors (Lipinski definition) is 3. The van der Waals surface area contributed by atoms with Crippen molar-refractivity contribution >= 4 is 45.7 Å². The Labute approximate surface area is 207 Å². The number of aromatic nitrogens is 2. The molecule has 4 heterocycles. The van der Waals surface area contributed by atoms with Gasteiger partial charge < -0.3 is 25.4 Å². The first kappa shape index (κ1) is 23.2. The van der Waals surface area contributed by atoms with Crippen LogP contribution in [0.2, 0.25) is 0 Å². The van der Waals surface area contributed by atoms with E-state index in [4.69, 9.17) is 9.84 Å². The smallest absolute Gasteiger partial charge is 0.407 e. The number of carboxylic acid groups (broad SMARTS) is 1. The van der Waals surface area contributed by atoms with Gasteiger partial charge in [0.15, 0.2) is 17.9 Å². The molecule has 0 spiro atoms. The minimum atomic E-state index is -1.04. The zero-order chi connectivity index (χ0) is 25.2. The predicted octanol–water partition coefficient (Wildman–Crippen LogP) is 4.59. The summed E-state index contributed by atoms with van der Waals surface area (Å²) in [6.07, 6.45) is 2.72. The number of aldehydes is 1. The van der Waals surface area contributed by atoms with Crippen LogP contribution in [0, 0.1) is 5.82 Å². The van der Waals surface area contributed by atoms with Crippen LogP contribution in [0.3, 0.4) is 0 Å². The summed E-state index contributed by atoms with van der Waals surface area (Å²) in [5.74, 6) is -0.305. The molecule has 1 aromatic carbocycles. The van der Waals surface area contributed by atoms with Gasteiger partial charge in [0.2, 0.25) is 0 Å². The summed E-state index contributed by atoms with van der Waals surface area (Å²) in [4.78, 5) is 44.4. The van der Waals surface area contributed by atoms with Crippen molar-refractivity contribution in [2.45, 2.75) is 6.04 Å². The third-order valence-electron chi connectivity index (χ3n) is 5.45. The number of anilines is 1. The lowest BCUT2D eigenvalue weighted by Crippen LogP contribution is -2.61. The number of carbonyl (C=O) groups excluding carboxylic acids is 2. The number of hydrogen-bond acceptors (Lipinski definition) is 7. The Bertz CT molecular complexity index is 1470. The molecule has 0 unspecified atom stereocenters. The summed E-state index contributed by atoms with van der Waals surface area (Å²) in [6, 6.07) is 10.1. The number of likely N-dealkylation sites (tertiary alicyclic amines) is 1. The number of benzene rings is 1. The van der Waals surface area contributed by atoms with Gasteiger partial charge in [0.1, 0.15) is 5.75 Å². The Balaban J connectivity index is 1.28. The van der Waals surface area contributed by atoms with Gasteiger partial charge in [-0.2, -0.15) is 0 Å². The van der Waals surface area contributed by atoms with Gasteiger partial charge in [-0.25, -0.2) is 14.0 Å². The highest BCUT2D eigenvalue weighted by molar-refractivity contribution is 7.22. The number of amides is 3. The van der Waals surface area contributed by atoms with E-state index in [2.05, 4.69) is 20.6 Å². The van der Waals surface area contributed by atoms with E-state index in [0.717, 1.165) is 17.2 Å². The van der Waals surface area contributed by atoms with Crippen molar-refractivity contribution in [2.24, 2.45) is 0 Å². The Kier molecular flexibility index (Phi) is 6.17. The van der Waals surface area contributed by atoms with E-state index in [-0.39, 0.29) is 30.6 Å². The molecule has 0 saturated carbocycles. The number of rotatable bonds is 6. The van der Waals surface area contributed by atoms with Gasteiger partial charge in [-0.05, 0) is 30.3 Å². The second kappa shape index (κ2) is 9.58. The predicted molar refractivity (Wildman–Crippen MR) is 130 cm³/mol. The fourth-order valence-corrected chi connectivity index (χ4v) is 4.64. The first-order chi connectivity index (χ1) is 17.4. The monoisotopic (exact) mass is 507 g/mol. The third kappa shape index (κ3) is 4.79. The third-order valence-corrected chi connectivity index (χ3v) is 6.61. The van der Waals surface area contributed by atoms with Crippen LogP contribution in [-0.2, 0) is 0 Å². The SMILES string of the molecule is O=Cc1ccc(-c2cc3nccc(Oc4ccc(NC(=O)NC5CN(C(=O)O)C5)cc4F)c3s2)nc1. The molecule has 182 valence electrons. The lowest BCUT2D eigenvalue weighted by Gasteiger charge is -2.37. The van der Waals surface area contributed by atoms with E-state index < -0.39 is 17.9 Å². The Morgan fingerprint density at radius 2 is 1.97 bits per heavy atom. The summed E-state index contributed by atoms with van der Waals surface area (Å²) >= 11 is 1.38. The Morgan fingerprint density at radius 3 is 2.67 bits per heavy atom. The Morgan fingerprint density at radius 1 is 1.14 bits per heavy atom. The molecule has 4 aromatic rings. The number of nitrogens with one attached hydrogen (secondary N) is 2. The molecular formula is C24H18FN5O5S. The maximum absolute atomic E-state index is 14.8. The fourth-order valence-electron chi connectivity index (χ4n) is 3.60. The standard InChI is InChI=1S/C24H18FN5O5S/c25-16-7-14(28-23(32)29-15-10-30(11-15)24(33)34)2-4-19(16)35-20-5-6-26-18-8-21(36-22(18)20)17-3-1-13(12-31)9-27-17/h1-9,12,15H,10-11H2,(H,33,34)(H2,28,29,32). The van der Waals surface area contributed by atoms with Crippen LogP contribution < -0.4 is 15.4 Å². The van der Waals surface area contributed by atoms with E-state index in [1.54, 1.807) is 24.4 Å². The van der Waals surface area contributed by atoms with Crippen molar-refractivity contribution in [3.05, 3.63) is 66.2 Å². The number of fused-ring (bicyclic) bond motifs is 1. The van der Waals surface area contributed by atoms with E-state index in [1.807, 2.05) is 6.07 Å². The lowest BCUT2D eigenvalue weighted by molar-refractivity contribution is 0.0987. The number of halogens is 1. The van der Waals surface area contributed by atoms with Crippen molar-refractivity contribution in [3.8, 4) is 22.1 Å². The zero-order valence-corrected chi connectivity index (χ0v) is 19.3. The molecule has 3 aromatic heterocycles. The molecule has 5 rings (SSSR count). The van der Waals surface area contributed by atoms with Crippen LogP contribution in [0.5, 0.6) is 11.5 Å². The zero-order valence-electron chi connectivity index (χ0n) is 18.5. The van der Waals surface area contributed by atoms with Gasteiger partial charge in [-0.3, -0.25) is 14.8 Å². The van der Waals surface area contributed by atoms with Crippen molar-refractivity contribution in [3.63, 3.8) is 0 Å². The van der Waals surface area contributed by atoms with E-state index >= 15 is 0 Å². The number of thiophene rings is 1. The highest BCUT2D eigenvalue weighted by Gasteiger charge is 2.31. The average molecular weight is 508 g/mol. The second-order valence-electron chi connectivity index (χ2n) is 7.96. The van der Waals surface area contributed by atoms with Crippen molar-refractivity contribution in [2.75, 3.05) is 18.4 Å². The van der Waals surface area contributed by atoms with Crippen LogP contribution in [0.15, 0.2) is 54.9 Å². The van der Waals surface area contributed by atoms with Gasteiger partial charge in [-0.1, -0.05) is 0 Å².